The average Bonchev–Trinajstić information content (AvgIpc) is 3.13. The van der Waals surface area contributed by atoms with Crippen LogP contribution < -0.4 is 5.32 Å². The van der Waals surface area contributed by atoms with Crippen molar-refractivity contribution in [3.63, 3.8) is 0 Å². The third kappa shape index (κ3) is 3.79. The Bertz CT molecular complexity index is 831. The van der Waals surface area contributed by atoms with Crippen LogP contribution in [-0.2, 0) is 15.7 Å². The Morgan fingerprint density at radius 3 is 2.50 bits per heavy atom. The van der Waals surface area contributed by atoms with Crippen LogP contribution in [0, 0.1) is 6.92 Å². The summed E-state index contributed by atoms with van der Waals surface area (Å²) in [5.41, 5.74) is -1.75. The largest absolute Gasteiger partial charge is 0.479 e. The van der Waals surface area contributed by atoms with Crippen LogP contribution in [0.5, 0.6) is 0 Å². The number of amides is 1. The van der Waals surface area contributed by atoms with Gasteiger partial charge >= 0.3 is 12.1 Å². The van der Waals surface area contributed by atoms with Crippen molar-refractivity contribution in [2.24, 2.45) is 0 Å². The predicted octanol–water partition coefficient (Wildman–Crippen LogP) is -0.0679. The summed E-state index contributed by atoms with van der Waals surface area (Å²) in [5, 5.41) is 20.2. The molecule has 0 aliphatic heterocycles. The van der Waals surface area contributed by atoms with Crippen molar-refractivity contribution in [2.75, 3.05) is 13.7 Å². The van der Waals surface area contributed by atoms with Gasteiger partial charge in [-0.15, -0.1) is 10.2 Å². The molecule has 2 rings (SSSR count). The van der Waals surface area contributed by atoms with Gasteiger partial charge in [0.15, 0.2) is 5.54 Å². The van der Waals surface area contributed by atoms with Crippen LogP contribution in [0.2, 0.25) is 0 Å². The van der Waals surface area contributed by atoms with E-state index in [-0.39, 0.29) is 12.4 Å². The standard InChI is InChI=1S/C12H14F3N7O4/c1-5-16-6(7(23)18-11(2,4-26-3)9(24)25)21-22(5)10-17-8(19-20-10)12(13,14)15/h4H2,1-3H3,(H,18,23)(H,24,25)(H,17,19,20). The third-order valence-corrected chi connectivity index (χ3v) is 3.20. The number of alkyl halides is 3. The molecule has 11 nitrogen and oxygen atoms in total. The summed E-state index contributed by atoms with van der Waals surface area (Å²) in [4.78, 5) is 30.5. The molecular weight excluding hydrogens is 363 g/mol. The van der Waals surface area contributed by atoms with Gasteiger partial charge in [-0.1, -0.05) is 0 Å². The molecule has 14 heteroatoms. The van der Waals surface area contributed by atoms with E-state index < -0.39 is 41.2 Å². The highest BCUT2D eigenvalue weighted by atomic mass is 19.4. The van der Waals surface area contributed by atoms with Crippen molar-refractivity contribution in [1.29, 1.82) is 0 Å². The normalized spacial score (nSPS) is 14.1. The van der Waals surface area contributed by atoms with Gasteiger partial charge in [0.1, 0.15) is 5.82 Å². The van der Waals surface area contributed by atoms with E-state index in [2.05, 4.69) is 25.5 Å². The molecule has 0 aliphatic rings. The second kappa shape index (κ2) is 6.70. The Morgan fingerprint density at radius 2 is 2.00 bits per heavy atom. The lowest BCUT2D eigenvalue weighted by molar-refractivity contribution is -0.146. The van der Waals surface area contributed by atoms with Gasteiger partial charge in [0.2, 0.25) is 11.6 Å². The lowest BCUT2D eigenvalue weighted by Crippen LogP contribution is -2.55. The van der Waals surface area contributed by atoms with E-state index >= 15 is 0 Å². The molecule has 1 atom stereocenters. The number of methoxy groups -OCH3 is 1. The second-order valence-corrected chi connectivity index (χ2v) is 5.40. The summed E-state index contributed by atoms with van der Waals surface area (Å²) in [6.07, 6.45) is -4.73. The molecule has 0 fully saturated rings. The number of carboxylic acid groups (broad SMARTS) is 1. The smallest absolute Gasteiger partial charge is 0.451 e. The first kappa shape index (κ1) is 19.3. The Morgan fingerprint density at radius 1 is 1.35 bits per heavy atom. The highest BCUT2D eigenvalue weighted by Gasteiger charge is 2.37. The molecule has 0 radical (unpaired) electrons. The van der Waals surface area contributed by atoms with Gasteiger partial charge in [-0.25, -0.2) is 9.78 Å². The highest BCUT2D eigenvalue weighted by molar-refractivity contribution is 5.95. The molecule has 2 aromatic heterocycles. The number of hydrogen-bond acceptors (Lipinski definition) is 7. The number of halogens is 3. The van der Waals surface area contributed by atoms with Crippen LogP contribution >= 0.6 is 0 Å². The van der Waals surface area contributed by atoms with Crippen LogP contribution in [0.3, 0.4) is 0 Å². The molecule has 0 saturated heterocycles. The fourth-order valence-electron chi connectivity index (χ4n) is 1.90. The zero-order valence-electron chi connectivity index (χ0n) is 13.7. The van der Waals surface area contributed by atoms with Crippen LogP contribution in [0.25, 0.3) is 5.95 Å². The number of carboxylic acids is 1. The van der Waals surface area contributed by atoms with Crippen LogP contribution in [-0.4, -0.2) is 66.2 Å². The van der Waals surface area contributed by atoms with Gasteiger partial charge < -0.3 is 15.2 Å². The monoisotopic (exact) mass is 377 g/mol. The predicted molar refractivity (Wildman–Crippen MR) is 76.4 cm³/mol. The number of aromatic amines is 1. The van der Waals surface area contributed by atoms with E-state index in [0.717, 1.165) is 4.68 Å². The molecule has 2 heterocycles. The van der Waals surface area contributed by atoms with E-state index in [4.69, 9.17) is 4.74 Å². The molecule has 1 amide bonds. The molecule has 0 spiro atoms. The highest BCUT2D eigenvalue weighted by Crippen LogP contribution is 2.26. The first-order valence-corrected chi connectivity index (χ1v) is 6.96. The zero-order valence-corrected chi connectivity index (χ0v) is 13.7. The molecule has 0 aliphatic carbocycles. The number of aryl methyl sites for hydroxylation is 1. The van der Waals surface area contributed by atoms with E-state index in [1.807, 2.05) is 0 Å². The average molecular weight is 377 g/mol. The van der Waals surface area contributed by atoms with E-state index in [9.17, 15) is 27.9 Å². The summed E-state index contributed by atoms with van der Waals surface area (Å²) in [6, 6.07) is 0. The number of carbonyl (C=O) groups excluding carboxylic acids is 1. The van der Waals surface area contributed by atoms with E-state index in [0.29, 0.717) is 0 Å². The first-order valence-electron chi connectivity index (χ1n) is 6.96. The SMILES string of the molecule is COCC(C)(NC(=O)c1nc(C)n(-c2n[nH]c(C(F)(F)F)n2)n1)C(=O)O. The van der Waals surface area contributed by atoms with Crippen molar-refractivity contribution in [3.05, 3.63) is 17.5 Å². The number of carbonyl (C=O) groups is 2. The number of aliphatic carboxylic acids is 1. The Balaban J connectivity index is 2.28. The van der Waals surface area contributed by atoms with Crippen molar-refractivity contribution >= 4 is 11.9 Å². The summed E-state index contributed by atoms with van der Waals surface area (Å²) in [6.45, 7) is 2.24. The molecule has 2 aromatic rings. The molecule has 142 valence electrons. The zero-order chi connectivity index (χ0) is 19.7. The lowest BCUT2D eigenvalue weighted by Gasteiger charge is -2.24. The maximum atomic E-state index is 12.6. The molecule has 0 saturated carbocycles. The van der Waals surface area contributed by atoms with Gasteiger partial charge in [-0.3, -0.25) is 9.89 Å². The second-order valence-electron chi connectivity index (χ2n) is 5.40. The molecule has 0 aromatic carbocycles. The minimum Gasteiger partial charge on any atom is -0.479 e. The summed E-state index contributed by atoms with van der Waals surface area (Å²) >= 11 is 0. The van der Waals surface area contributed by atoms with Crippen molar-refractivity contribution in [1.82, 2.24) is 35.3 Å². The third-order valence-electron chi connectivity index (χ3n) is 3.20. The van der Waals surface area contributed by atoms with Gasteiger partial charge in [-0.2, -0.15) is 22.8 Å². The lowest BCUT2D eigenvalue weighted by atomic mass is 10.0. The van der Waals surface area contributed by atoms with Crippen molar-refractivity contribution in [2.45, 2.75) is 25.6 Å². The molecule has 26 heavy (non-hydrogen) atoms. The first-order chi connectivity index (χ1) is 12.0. The Labute approximate surface area is 143 Å². The van der Waals surface area contributed by atoms with Crippen molar-refractivity contribution < 1.29 is 32.6 Å². The quantitative estimate of drug-likeness (QED) is 0.634. The summed E-state index contributed by atoms with van der Waals surface area (Å²) in [7, 11) is 1.26. The van der Waals surface area contributed by atoms with Crippen LogP contribution in [0.15, 0.2) is 0 Å². The summed E-state index contributed by atoms with van der Waals surface area (Å²) < 4.78 is 43.3. The van der Waals surface area contributed by atoms with Crippen LogP contribution in [0.4, 0.5) is 13.2 Å². The molecule has 0 bridgehead atoms. The fraction of sp³-hybridized carbons (Fsp3) is 0.500. The minimum absolute atomic E-state index is 0.0200. The van der Waals surface area contributed by atoms with Gasteiger partial charge in [0, 0.05) is 7.11 Å². The maximum absolute atomic E-state index is 12.6. The number of ether oxygens (including phenoxy) is 1. The number of rotatable bonds is 6. The van der Waals surface area contributed by atoms with Gasteiger partial charge in [0.25, 0.3) is 11.9 Å². The Kier molecular flexibility index (Phi) is 4.97. The minimum atomic E-state index is -4.73. The fourth-order valence-corrected chi connectivity index (χ4v) is 1.90. The topological polar surface area (TPSA) is 148 Å². The van der Waals surface area contributed by atoms with Gasteiger partial charge in [0.05, 0.1) is 6.61 Å². The number of hydrogen-bond donors (Lipinski definition) is 3. The number of H-pyrrole nitrogens is 1. The molecular formula is C12H14F3N7O4. The number of nitrogens with one attached hydrogen (secondary N) is 2. The van der Waals surface area contributed by atoms with E-state index in [1.54, 1.807) is 5.10 Å². The Hall–Kier alpha value is -3.03. The van der Waals surface area contributed by atoms with Gasteiger partial charge in [-0.05, 0) is 13.8 Å². The number of nitrogens with zero attached hydrogens (tertiary/aromatic N) is 5. The summed E-state index contributed by atoms with van der Waals surface area (Å²) in [5.74, 6) is -4.57. The maximum Gasteiger partial charge on any atom is 0.451 e. The molecule has 1 unspecified atom stereocenters. The molecule has 3 N–H and O–H groups in total. The number of aromatic nitrogens is 6. The van der Waals surface area contributed by atoms with Crippen LogP contribution in [0.1, 0.15) is 29.2 Å². The van der Waals surface area contributed by atoms with E-state index in [1.165, 1.54) is 21.0 Å². The van der Waals surface area contributed by atoms with Crippen molar-refractivity contribution in [3.8, 4) is 5.95 Å².